The van der Waals surface area contributed by atoms with Crippen molar-refractivity contribution in [2.24, 2.45) is 0 Å². The van der Waals surface area contributed by atoms with Crippen LogP contribution in [0, 0.1) is 5.82 Å². The number of carboxylic acid groups (broad SMARTS) is 1. The number of esters is 1. The molecule has 0 aliphatic heterocycles. The molecule has 0 atom stereocenters. The zero-order chi connectivity index (χ0) is 19.9. The van der Waals surface area contributed by atoms with Crippen molar-refractivity contribution in [2.45, 2.75) is 39.3 Å². The van der Waals surface area contributed by atoms with E-state index in [1.807, 2.05) is 0 Å². The average Bonchev–Trinajstić information content (AvgIpc) is 2.51. The van der Waals surface area contributed by atoms with Gasteiger partial charge in [0, 0.05) is 0 Å². The zero-order valence-corrected chi connectivity index (χ0v) is 14.7. The van der Waals surface area contributed by atoms with E-state index in [2.05, 4.69) is 0 Å². The maximum atomic E-state index is 13.0. The van der Waals surface area contributed by atoms with Crippen LogP contribution in [-0.2, 0) is 35.3 Å². The van der Waals surface area contributed by atoms with Gasteiger partial charge >= 0.3 is 11.9 Å². The molecule has 1 amide bonds. The number of nitrogens with zero attached hydrogens (tertiary/aromatic N) is 1. The largest absolute Gasteiger partial charge is 0.475 e. The van der Waals surface area contributed by atoms with Gasteiger partial charge in [-0.15, -0.1) is 0 Å². The summed E-state index contributed by atoms with van der Waals surface area (Å²) >= 11 is 0. The third kappa shape index (κ3) is 7.84. The summed E-state index contributed by atoms with van der Waals surface area (Å²) in [6.45, 7) is 4.12. The molecular formula is C17H20FNO7. The summed E-state index contributed by atoms with van der Waals surface area (Å²) in [4.78, 5) is 50.8. The van der Waals surface area contributed by atoms with Crippen LogP contribution in [-0.4, -0.2) is 46.0 Å². The van der Waals surface area contributed by atoms with Crippen molar-refractivity contribution in [3.8, 4) is 0 Å². The van der Waals surface area contributed by atoms with Crippen molar-refractivity contribution in [3.63, 3.8) is 0 Å². The minimum Gasteiger partial charge on any atom is -0.475 e. The minimum absolute atomic E-state index is 0.213. The first kappa shape index (κ1) is 21.2. The first-order chi connectivity index (χ1) is 12.0. The molecule has 0 radical (unpaired) electrons. The molecule has 0 saturated carbocycles. The van der Waals surface area contributed by atoms with Gasteiger partial charge in [-0.25, -0.2) is 19.0 Å². The Balaban J connectivity index is 2.81. The van der Waals surface area contributed by atoms with E-state index in [1.165, 1.54) is 12.1 Å². The van der Waals surface area contributed by atoms with Crippen molar-refractivity contribution >= 4 is 23.6 Å². The van der Waals surface area contributed by atoms with Crippen LogP contribution in [0.25, 0.3) is 0 Å². The predicted octanol–water partition coefficient (Wildman–Crippen LogP) is 1.47. The van der Waals surface area contributed by atoms with Crippen LogP contribution in [0.5, 0.6) is 0 Å². The van der Waals surface area contributed by atoms with Crippen LogP contribution in [0.1, 0.15) is 32.8 Å². The lowest BCUT2D eigenvalue weighted by Crippen LogP contribution is -2.36. The Morgan fingerprint density at radius 2 is 1.69 bits per heavy atom. The fourth-order valence-electron chi connectivity index (χ4n) is 1.76. The van der Waals surface area contributed by atoms with Crippen LogP contribution >= 0.6 is 0 Å². The smallest absolute Gasteiger partial charge is 0.372 e. The van der Waals surface area contributed by atoms with Gasteiger partial charge in [0.1, 0.15) is 11.4 Å². The topological polar surface area (TPSA) is 110 Å². The van der Waals surface area contributed by atoms with Crippen molar-refractivity contribution < 1.29 is 38.2 Å². The summed E-state index contributed by atoms with van der Waals surface area (Å²) in [6.07, 6.45) is -0.940. The Hall–Kier alpha value is -2.81. The number of benzene rings is 1. The van der Waals surface area contributed by atoms with Crippen molar-refractivity contribution in [2.75, 3.05) is 6.61 Å². The first-order valence-corrected chi connectivity index (χ1v) is 7.63. The molecule has 8 nitrogen and oxygen atoms in total. The minimum atomic E-state index is -1.76. The van der Waals surface area contributed by atoms with Crippen molar-refractivity contribution in [1.29, 1.82) is 0 Å². The van der Waals surface area contributed by atoms with Gasteiger partial charge in [0.15, 0.2) is 6.61 Å². The van der Waals surface area contributed by atoms with E-state index in [-0.39, 0.29) is 6.54 Å². The maximum Gasteiger partial charge on any atom is 0.372 e. The van der Waals surface area contributed by atoms with Crippen LogP contribution in [0.2, 0.25) is 0 Å². The Bertz CT molecular complexity index is 679. The lowest BCUT2D eigenvalue weighted by Gasteiger charge is -2.23. The Morgan fingerprint density at radius 1 is 1.12 bits per heavy atom. The molecule has 0 saturated heterocycles. The summed E-state index contributed by atoms with van der Waals surface area (Å²) in [6, 6.07) is 5.08. The molecule has 0 bridgehead atoms. The summed E-state index contributed by atoms with van der Waals surface area (Å²) in [7, 11) is 0. The second kappa shape index (κ2) is 9.04. The van der Waals surface area contributed by atoms with Gasteiger partial charge in [-0.2, -0.15) is 0 Å². The molecule has 1 aromatic rings. The number of ether oxygens (including phenoxy) is 1. The number of carboxylic acids is 1. The Labute approximate surface area is 149 Å². The van der Waals surface area contributed by atoms with Gasteiger partial charge in [0.05, 0.1) is 13.0 Å². The molecule has 0 heterocycles. The highest BCUT2D eigenvalue weighted by Gasteiger charge is 2.24. The van der Waals surface area contributed by atoms with Gasteiger partial charge in [0.25, 0.3) is 5.91 Å². The van der Waals surface area contributed by atoms with E-state index in [0.717, 1.165) is 12.1 Å². The average molecular weight is 369 g/mol. The number of Topliss-reactive ketones (excluding diaryl/α,β-unsaturated/α-hetero) is 1. The highest BCUT2D eigenvalue weighted by molar-refractivity contribution is 6.36. The lowest BCUT2D eigenvalue weighted by molar-refractivity contribution is -0.202. The van der Waals surface area contributed by atoms with Gasteiger partial charge in [-0.1, -0.05) is 12.1 Å². The fourth-order valence-corrected chi connectivity index (χ4v) is 1.76. The molecule has 0 aromatic heterocycles. The number of rotatable bonds is 8. The van der Waals surface area contributed by atoms with Crippen LogP contribution < -0.4 is 0 Å². The standard InChI is InChI=1S/C17H20FNO7/c1-17(2,3)26-15(22)10-25-19(14(21)8-13(20)16(23)24)9-11-4-6-12(18)7-5-11/h4-7H,8-10H2,1-3H3,(H,23,24). The van der Waals surface area contributed by atoms with Crippen LogP contribution in [0.3, 0.4) is 0 Å². The van der Waals surface area contributed by atoms with E-state index in [0.29, 0.717) is 10.6 Å². The molecule has 0 aliphatic carbocycles. The van der Waals surface area contributed by atoms with Gasteiger partial charge in [0.2, 0.25) is 5.78 Å². The summed E-state index contributed by atoms with van der Waals surface area (Å²) < 4.78 is 18.0. The van der Waals surface area contributed by atoms with Gasteiger partial charge in [-0.05, 0) is 38.5 Å². The number of carbonyl (C=O) groups is 4. The number of hydroxylamine groups is 2. The molecule has 1 N–H and O–H groups in total. The molecule has 26 heavy (non-hydrogen) atoms. The third-order valence-corrected chi connectivity index (χ3v) is 2.83. The second-order valence-electron chi connectivity index (χ2n) is 6.32. The van der Waals surface area contributed by atoms with Crippen molar-refractivity contribution in [1.82, 2.24) is 5.06 Å². The van der Waals surface area contributed by atoms with E-state index in [9.17, 15) is 23.6 Å². The fraction of sp³-hybridized carbons (Fsp3) is 0.412. The second-order valence-corrected chi connectivity index (χ2v) is 6.32. The summed E-state index contributed by atoms with van der Waals surface area (Å²) in [5.41, 5.74) is -0.308. The zero-order valence-electron chi connectivity index (χ0n) is 14.7. The van der Waals surface area contributed by atoms with Gasteiger partial charge in [-0.3, -0.25) is 14.4 Å². The van der Waals surface area contributed by atoms with E-state index < -0.39 is 48.1 Å². The summed E-state index contributed by atoms with van der Waals surface area (Å²) in [5, 5.41) is 9.28. The number of hydrogen-bond acceptors (Lipinski definition) is 6. The SMILES string of the molecule is CC(C)(C)OC(=O)CON(Cc1ccc(F)cc1)C(=O)CC(=O)C(=O)O. The molecule has 9 heteroatoms. The maximum absolute atomic E-state index is 13.0. The van der Waals surface area contributed by atoms with E-state index in [1.54, 1.807) is 20.8 Å². The molecule has 0 aliphatic rings. The monoisotopic (exact) mass is 369 g/mol. The Kier molecular flexibility index (Phi) is 7.39. The molecule has 1 rings (SSSR count). The molecule has 0 fully saturated rings. The number of hydrogen-bond donors (Lipinski definition) is 1. The molecule has 1 aromatic carbocycles. The Morgan fingerprint density at radius 3 is 2.19 bits per heavy atom. The number of ketones is 1. The number of halogens is 1. The highest BCUT2D eigenvalue weighted by atomic mass is 19.1. The lowest BCUT2D eigenvalue weighted by atomic mass is 10.2. The number of amides is 1. The number of carbonyl (C=O) groups excluding carboxylic acids is 3. The normalized spacial score (nSPS) is 10.9. The molecule has 0 spiro atoms. The van der Waals surface area contributed by atoms with Gasteiger partial charge < -0.3 is 9.84 Å². The third-order valence-electron chi connectivity index (χ3n) is 2.83. The highest BCUT2D eigenvalue weighted by Crippen LogP contribution is 2.11. The van der Waals surface area contributed by atoms with E-state index >= 15 is 0 Å². The van der Waals surface area contributed by atoms with E-state index in [4.69, 9.17) is 14.7 Å². The predicted molar refractivity (Wildman–Crippen MR) is 86.0 cm³/mol. The molecular weight excluding hydrogens is 349 g/mol. The number of aliphatic carboxylic acids is 1. The summed E-state index contributed by atoms with van der Waals surface area (Å²) in [5.74, 6) is -5.26. The van der Waals surface area contributed by atoms with Crippen LogP contribution in [0.4, 0.5) is 4.39 Å². The molecule has 142 valence electrons. The van der Waals surface area contributed by atoms with Crippen molar-refractivity contribution in [3.05, 3.63) is 35.6 Å². The first-order valence-electron chi connectivity index (χ1n) is 7.63. The quantitative estimate of drug-likeness (QED) is 0.320. The molecule has 0 unspecified atom stereocenters. The van der Waals surface area contributed by atoms with Crippen LogP contribution in [0.15, 0.2) is 24.3 Å².